The zero-order valence-electron chi connectivity index (χ0n) is 13.1. The summed E-state index contributed by atoms with van der Waals surface area (Å²) >= 11 is 0. The van der Waals surface area contributed by atoms with E-state index in [4.69, 9.17) is 0 Å². The van der Waals surface area contributed by atoms with Crippen LogP contribution in [0.15, 0.2) is 29.2 Å². The first kappa shape index (κ1) is 17.1. The number of rotatable bonds is 6. The van der Waals surface area contributed by atoms with Crippen molar-refractivity contribution >= 4 is 15.7 Å². The normalized spacial score (nSPS) is 11.6. The van der Waals surface area contributed by atoms with E-state index in [1.807, 2.05) is 20.8 Å². The average molecular weight is 338 g/mol. The minimum Gasteiger partial charge on any atom is -0.270 e. The minimum absolute atomic E-state index is 0.0860. The van der Waals surface area contributed by atoms with E-state index in [-0.39, 0.29) is 17.1 Å². The Morgan fingerprint density at radius 1 is 1.35 bits per heavy atom. The predicted octanol–water partition coefficient (Wildman–Crippen LogP) is 1.91. The molecule has 0 amide bonds. The van der Waals surface area contributed by atoms with Crippen molar-refractivity contribution in [2.24, 2.45) is 0 Å². The van der Waals surface area contributed by atoms with Gasteiger partial charge in [-0.25, -0.2) is 13.1 Å². The highest BCUT2D eigenvalue weighted by atomic mass is 32.2. The molecule has 0 radical (unpaired) electrons. The molecule has 1 heterocycles. The summed E-state index contributed by atoms with van der Waals surface area (Å²) in [5, 5.41) is 15.1. The van der Waals surface area contributed by atoms with Crippen LogP contribution in [0.2, 0.25) is 0 Å². The summed E-state index contributed by atoms with van der Waals surface area (Å²) < 4.78 is 28.9. The lowest BCUT2D eigenvalue weighted by atomic mass is 10.2. The van der Waals surface area contributed by atoms with E-state index in [0.29, 0.717) is 6.54 Å². The van der Waals surface area contributed by atoms with Crippen molar-refractivity contribution in [2.45, 2.75) is 38.8 Å². The van der Waals surface area contributed by atoms with Crippen molar-refractivity contribution in [1.82, 2.24) is 14.5 Å². The van der Waals surface area contributed by atoms with E-state index in [0.717, 1.165) is 23.0 Å². The van der Waals surface area contributed by atoms with Crippen molar-refractivity contribution in [2.75, 3.05) is 0 Å². The molecule has 2 rings (SSSR count). The Bertz CT molecular complexity index is 842. The fourth-order valence-corrected chi connectivity index (χ4v) is 3.35. The molecule has 1 aromatic heterocycles. The van der Waals surface area contributed by atoms with E-state index < -0.39 is 14.9 Å². The second-order valence-electron chi connectivity index (χ2n) is 5.04. The monoisotopic (exact) mass is 338 g/mol. The van der Waals surface area contributed by atoms with Gasteiger partial charge < -0.3 is 0 Å². The molecule has 0 spiro atoms. The Hall–Kier alpha value is -2.26. The van der Waals surface area contributed by atoms with Gasteiger partial charge in [-0.1, -0.05) is 6.07 Å². The molecule has 0 aliphatic carbocycles. The molecular weight excluding hydrogens is 320 g/mol. The van der Waals surface area contributed by atoms with Crippen molar-refractivity contribution in [3.8, 4) is 0 Å². The highest BCUT2D eigenvalue weighted by molar-refractivity contribution is 7.89. The molecule has 124 valence electrons. The van der Waals surface area contributed by atoms with Crippen LogP contribution in [-0.4, -0.2) is 23.1 Å². The summed E-state index contributed by atoms with van der Waals surface area (Å²) in [6.07, 6.45) is 0. The Morgan fingerprint density at radius 2 is 2.04 bits per heavy atom. The van der Waals surface area contributed by atoms with Gasteiger partial charge in [0.15, 0.2) is 0 Å². The largest absolute Gasteiger partial charge is 0.270 e. The first-order valence-corrected chi connectivity index (χ1v) is 8.51. The quantitative estimate of drug-likeness (QED) is 0.639. The third-order valence-corrected chi connectivity index (χ3v) is 5.01. The van der Waals surface area contributed by atoms with E-state index in [1.165, 1.54) is 18.2 Å². The number of non-ortho nitro benzene ring substituents is 1. The first-order valence-electron chi connectivity index (χ1n) is 7.03. The Labute approximate surface area is 134 Å². The van der Waals surface area contributed by atoms with Gasteiger partial charge in [-0.3, -0.25) is 14.8 Å². The van der Waals surface area contributed by atoms with Gasteiger partial charge in [-0.15, -0.1) is 0 Å². The summed E-state index contributed by atoms with van der Waals surface area (Å²) in [5.74, 6) is 0. The molecule has 0 atom stereocenters. The second-order valence-corrected chi connectivity index (χ2v) is 6.81. The highest BCUT2D eigenvalue weighted by Gasteiger charge is 2.19. The zero-order valence-corrected chi connectivity index (χ0v) is 13.9. The number of hydrogen-bond acceptors (Lipinski definition) is 5. The fraction of sp³-hybridized carbons (Fsp3) is 0.357. The molecule has 23 heavy (non-hydrogen) atoms. The summed E-state index contributed by atoms with van der Waals surface area (Å²) in [6, 6.07) is 4.96. The van der Waals surface area contributed by atoms with Gasteiger partial charge in [0.1, 0.15) is 0 Å². The minimum atomic E-state index is -3.84. The van der Waals surface area contributed by atoms with Gasteiger partial charge in [0.2, 0.25) is 10.0 Å². The van der Waals surface area contributed by atoms with E-state index >= 15 is 0 Å². The number of nitro benzene ring substituents is 1. The smallest absolute Gasteiger partial charge is 0.270 e. The van der Waals surface area contributed by atoms with Gasteiger partial charge in [-0.2, -0.15) is 5.10 Å². The molecule has 1 N–H and O–H groups in total. The lowest BCUT2D eigenvalue weighted by Gasteiger charge is -2.07. The fourth-order valence-electron chi connectivity index (χ4n) is 2.31. The van der Waals surface area contributed by atoms with Gasteiger partial charge >= 0.3 is 0 Å². The van der Waals surface area contributed by atoms with Crippen LogP contribution in [0, 0.1) is 24.0 Å². The van der Waals surface area contributed by atoms with Crippen molar-refractivity contribution in [1.29, 1.82) is 0 Å². The van der Waals surface area contributed by atoms with E-state index in [1.54, 1.807) is 4.68 Å². The van der Waals surface area contributed by atoms with Crippen LogP contribution < -0.4 is 4.72 Å². The first-order chi connectivity index (χ1) is 10.8. The average Bonchev–Trinajstić information content (AvgIpc) is 2.79. The number of nitrogens with one attached hydrogen (secondary N) is 1. The number of benzene rings is 1. The summed E-state index contributed by atoms with van der Waals surface area (Å²) in [4.78, 5) is 10.0. The number of aromatic nitrogens is 2. The van der Waals surface area contributed by atoms with E-state index in [2.05, 4.69) is 9.82 Å². The van der Waals surface area contributed by atoms with Gasteiger partial charge in [-0.05, 0) is 26.8 Å². The van der Waals surface area contributed by atoms with Crippen molar-refractivity contribution < 1.29 is 13.3 Å². The number of nitro groups is 1. The summed E-state index contributed by atoms with van der Waals surface area (Å²) in [5.41, 5.74) is 2.19. The number of sulfonamides is 1. The van der Waals surface area contributed by atoms with Crippen molar-refractivity contribution in [3.63, 3.8) is 0 Å². The van der Waals surface area contributed by atoms with Gasteiger partial charge in [0.25, 0.3) is 5.69 Å². The Kier molecular flexibility index (Phi) is 4.81. The maximum absolute atomic E-state index is 12.3. The Morgan fingerprint density at radius 3 is 2.61 bits per heavy atom. The summed E-state index contributed by atoms with van der Waals surface area (Å²) in [6.45, 7) is 6.43. The van der Waals surface area contributed by atoms with Crippen LogP contribution in [-0.2, 0) is 23.1 Å². The molecular formula is C14H18N4O4S. The molecule has 0 unspecified atom stereocenters. The lowest BCUT2D eigenvalue weighted by Crippen LogP contribution is -2.24. The molecule has 0 saturated carbocycles. The van der Waals surface area contributed by atoms with Crippen LogP contribution in [0.3, 0.4) is 0 Å². The van der Waals surface area contributed by atoms with Crippen LogP contribution in [0.4, 0.5) is 5.69 Å². The lowest BCUT2D eigenvalue weighted by molar-refractivity contribution is -0.385. The van der Waals surface area contributed by atoms with Gasteiger partial charge in [0, 0.05) is 36.5 Å². The molecule has 0 saturated heterocycles. The second kappa shape index (κ2) is 6.47. The Balaban J connectivity index is 2.24. The molecule has 0 bridgehead atoms. The van der Waals surface area contributed by atoms with E-state index in [9.17, 15) is 18.5 Å². The number of nitrogens with zero attached hydrogens (tertiary/aromatic N) is 3. The molecule has 0 aliphatic heterocycles. The molecule has 2 aromatic rings. The SMILES string of the molecule is CCn1nc(C)c(CNS(=O)(=O)c2cccc([N+](=O)[O-])c2)c1C. The third kappa shape index (κ3) is 3.57. The number of hydrogen-bond donors (Lipinski definition) is 1. The van der Waals surface area contributed by atoms with Crippen LogP contribution in [0.5, 0.6) is 0 Å². The van der Waals surface area contributed by atoms with Gasteiger partial charge in [0.05, 0.1) is 15.5 Å². The maximum atomic E-state index is 12.3. The molecule has 0 fully saturated rings. The molecule has 0 aliphatic rings. The van der Waals surface area contributed by atoms with Crippen molar-refractivity contribution in [3.05, 3.63) is 51.3 Å². The van der Waals surface area contributed by atoms with Crippen LogP contribution in [0.1, 0.15) is 23.9 Å². The van der Waals surface area contributed by atoms with Crippen LogP contribution >= 0.6 is 0 Å². The third-order valence-electron chi connectivity index (χ3n) is 3.61. The number of aryl methyl sites for hydroxylation is 2. The zero-order chi connectivity index (χ0) is 17.2. The maximum Gasteiger partial charge on any atom is 0.270 e. The highest BCUT2D eigenvalue weighted by Crippen LogP contribution is 2.18. The molecule has 9 heteroatoms. The molecule has 8 nitrogen and oxygen atoms in total. The molecule has 1 aromatic carbocycles. The topological polar surface area (TPSA) is 107 Å². The summed E-state index contributed by atoms with van der Waals surface area (Å²) in [7, 11) is -3.84. The predicted molar refractivity (Wildman–Crippen MR) is 84.5 cm³/mol. The van der Waals surface area contributed by atoms with Crippen LogP contribution in [0.25, 0.3) is 0 Å². The standard InChI is InChI=1S/C14H18N4O4S/c1-4-17-11(3)14(10(2)16-17)9-15-23(21,22)13-7-5-6-12(8-13)18(19)20/h5-8,15H,4,9H2,1-3H3.